The van der Waals surface area contributed by atoms with Crippen LogP contribution in [0.5, 0.6) is 0 Å². The number of hydrogen-bond donors (Lipinski definition) is 0. The Bertz CT molecular complexity index is 882. The molecule has 100 valence electrons. The Morgan fingerprint density at radius 3 is 2.70 bits per heavy atom. The normalized spacial score (nSPS) is 10.9. The second kappa shape index (κ2) is 4.92. The minimum atomic E-state index is -0.733. The third kappa shape index (κ3) is 2.09. The Morgan fingerprint density at radius 2 is 1.95 bits per heavy atom. The fourth-order valence-electron chi connectivity index (χ4n) is 1.94. The quantitative estimate of drug-likeness (QED) is 0.671. The average Bonchev–Trinajstić information content (AvgIpc) is 2.74. The van der Waals surface area contributed by atoms with Gasteiger partial charge in [0.05, 0.1) is 16.1 Å². The number of carbonyl (C=O) groups excluding carboxylic acids is 1. The largest absolute Gasteiger partial charge is 0.427 e. The molecule has 0 amide bonds. The van der Waals surface area contributed by atoms with Crippen molar-refractivity contribution in [2.75, 3.05) is 0 Å². The van der Waals surface area contributed by atoms with Gasteiger partial charge in [-0.2, -0.15) is 0 Å². The van der Waals surface area contributed by atoms with E-state index in [2.05, 4.69) is 15.9 Å². The molecule has 4 nitrogen and oxygen atoms in total. The van der Waals surface area contributed by atoms with Crippen molar-refractivity contribution in [1.29, 1.82) is 0 Å². The molecular formula is C14H7BrClNO3. The van der Waals surface area contributed by atoms with E-state index >= 15 is 0 Å². The monoisotopic (exact) mass is 351 g/mol. The number of hydrogen-bond acceptors (Lipinski definition) is 3. The second-order valence-electron chi connectivity index (χ2n) is 4.10. The van der Waals surface area contributed by atoms with Crippen LogP contribution in [0.4, 0.5) is 0 Å². The number of benzene rings is 2. The summed E-state index contributed by atoms with van der Waals surface area (Å²) in [5.74, 6) is -1.25. The standard InChI is InChI=1S/C14H7BrClNO3/c15-8-5-6-12-11(7-8)17(14(19)20-12)13(18)9-3-1-2-4-10(9)16/h1-7H. The van der Waals surface area contributed by atoms with Crippen LogP contribution in [-0.2, 0) is 0 Å². The Balaban J connectivity index is 2.27. The zero-order chi connectivity index (χ0) is 14.3. The number of halogens is 2. The summed E-state index contributed by atoms with van der Waals surface area (Å²) < 4.78 is 6.77. The van der Waals surface area contributed by atoms with Gasteiger partial charge in [0.15, 0.2) is 5.58 Å². The van der Waals surface area contributed by atoms with Crippen molar-refractivity contribution in [2.45, 2.75) is 0 Å². The molecular weight excluding hydrogens is 346 g/mol. The van der Waals surface area contributed by atoms with Crippen LogP contribution in [0.2, 0.25) is 5.02 Å². The summed E-state index contributed by atoms with van der Waals surface area (Å²) in [4.78, 5) is 24.4. The van der Waals surface area contributed by atoms with Gasteiger partial charge in [-0.3, -0.25) is 4.79 Å². The van der Waals surface area contributed by atoms with Gasteiger partial charge in [0.1, 0.15) is 0 Å². The summed E-state index contributed by atoms with van der Waals surface area (Å²) >= 11 is 9.30. The van der Waals surface area contributed by atoms with Gasteiger partial charge in [-0.15, -0.1) is 0 Å². The van der Waals surface area contributed by atoms with Crippen LogP contribution in [0.15, 0.2) is 56.1 Å². The number of oxazole rings is 1. The molecule has 3 aromatic rings. The van der Waals surface area contributed by atoms with Crippen molar-refractivity contribution < 1.29 is 9.21 Å². The van der Waals surface area contributed by atoms with Crippen molar-refractivity contribution in [3.63, 3.8) is 0 Å². The summed E-state index contributed by atoms with van der Waals surface area (Å²) in [7, 11) is 0. The maximum Gasteiger partial charge on any atom is 0.427 e. The summed E-state index contributed by atoms with van der Waals surface area (Å²) in [5, 5.41) is 0.286. The molecule has 6 heteroatoms. The fourth-order valence-corrected chi connectivity index (χ4v) is 2.50. The first-order chi connectivity index (χ1) is 9.58. The highest BCUT2D eigenvalue weighted by molar-refractivity contribution is 9.10. The highest BCUT2D eigenvalue weighted by Crippen LogP contribution is 2.21. The van der Waals surface area contributed by atoms with Gasteiger partial charge in [-0.1, -0.05) is 39.7 Å². The summed E-state index contributed by atoms with van der Waals surface area (Å²) in [6.07, 6.45) is 0. The van der Waals surface area contributed by atoms with Crippen LogP contribution in [0.3, 0.4) is 0 Å². The van der Waals surface area contributed by atoms with Crippen LogP contribution in [0.25, 0.3) is 11.1 Å². The molecule has 20 heavy (non-hydrogen) atoms. The van der Waals surface area contributed by atoms with Gasteiger partial charge < -0.3 is 4.42 Å². The number of aromatic nitrogens is 1. The highest BCUT2D eigenvalue weighted by Gasteiger charge is 2.19. The molecule has 0 saturated heterocycles. The Kier molecular flexibility index (Phi) is 3.23. The molecule has 0 aliphatic heterocycles. The molecule has 0 N–H and O–H groups in total. The zero-order valence-electron chi connectivity index (χ0n) is 9.97. The first-order valence-corrected chi connectivity index (χ1v) is 6.85. The lowest BCUT2D eigenvalue weighted by molar-refractivity contribution is 0.0956. The number of fused-ring (bicyclic) bond motifs is 1. The van der Waals surface area contributed by atoms with E-state index in [4.69, 9.17) is 16.0 Å². The average molecular weight is 353 g/mol. The smallest absolute Gasteiger partial charge is 0.407 e. The van der Waals surface area contributed by atoms with E-state index in [1.807, 2.05) is 0 Å². The molecule has 2 aromatic carbocycles. The van der Waals surface area contributed by atoms with Gasteiger partial charge in [-0.05, 0) is 30.3 Å². The minimum Gasteiger partial charge on any atom is -0.407 e. The lowest BCUT2D eigenvalue weighted by atomic mass is 10.2. The lowest BCUT2D eigenvalue weighted by Gasteiger charge is -2.03. The molecule has 1 aromatic heterocycles. The second-order valence-corrected chi connectivity index (χ2v) is 5.42. The molecule has 0 fully saturated rings. The Hall–Kier alpha value is -1.85. The molecule has 0 aliphatic carbocycles. The summed E-state index contributed by atoms with van der Waals surface area (Å²) in [6, 6.07) is 11.6. The molecule has 0 spiro atoms. The first-order valence-electron chi connectivity index (χ1n) is 5.68. The first kappa shape index (κ1) is 13.1. The fraction of sp³-hybridized carbons (Fsp3) is 0. The van der Waals surface area contributed by atoms with Gasteiger partial charge in [0.2, 0.25) is 0 Å². The predicted octanol–water partition coefficient (Wildman–Crippen LogP) is 3.70. The van der Waals surface area contributed by atoms with E-state index < -0.39 is 11.7 Å². The van der Waals surface area contributed by atoms with E-state index in [0.717, 1.165) is 9.04 Å². The molecule has 1 heterocycles. The SMILES string of the molecule is O=C(c1ccccc1Cl)n1c(=O)oc2ccc(Br)cc21. The highest BCUT2D eigenvalue weighted by atomic mass is 79.9. The third-order valence-electron chi connectivity index (χ3n) is 2.85. The van der Waals surface area contributed by atoms with E-state index in [9.17, 15) is 9.59 Å². The molecule has 0 radical (unpaired) electrons. The summed E-state index contributed by atoms with van der Waals surface area (Å²) in [6.45, 7) is 0. The predicted molar refractivity (Wildman–Crippen MR) is 79.4 cm³/mol. The Labute approximate surface area is 126 Å². The topological polar surface area (TPSA) is 52.2 Å². The number of nitrogens with zero attached hydrogens (tertiary/aromatic N) is 1. The maximum absolute atomic E-state index is 12.5. The van der Waals surface area contributed by atoms with Crippen molar-refractivity contribution in [1.82, 2.24) is 4.57 Å². The molecule has 0 bridgehead atoms. The van der Waals surface area contributed by atoms with Crippen molar-refractivity contribution in [2.24, 2.45) is 0 Å². The van der Waals surface area contributed by atoms with Crippen LogP contribution >= 0.6 is 27.5 Å². The maximum atomic E-state index is 12.5. The third-order valence-corrected chi connectivity index (χ3v) is 3.67. The molecule has 3 rings (SSSR count). The van der Waals surface area contributed by atoms with E-state index in [-0.39, 0.29) is 10.6 Å². The Morgan fingerprint density at radius 1 is 1.20 bits per heavy atom. The van der Waals surface area contributed by atoms with Crippen LogP contribution in [0, 0.1) is 0 Å². The van der Waals surface area contributed by atoms with Crippen molar-refractivity contribution in [3.05, 3.63) is 68.1 Å². The molecule has 0 atom stereocenters. The van der Waals surface area contributed by atoms with Gasteiger partial charge in [0, 0.05) is 4.47 Å². The molecule has 0 aliphatic rings. The number of rotatable bonds is 1. The van der Waals surface area contributed by atoms with Crippen LogP contribution < -0.4 is 5.76 Å². The van der Waals surface area contributed by atoms with Gasteiger partial charge in [-0.25, -0.2) is 9.36 Å². The van der Waals surface area contributed by atoms with Crippen LogP contribution in [-0.4, -0.2) is 10.5 Å². The molecule has 0 unspecified atom stereocenters. The zero-order valence-corrected chi connectivity index (χ0v) is 12.3. The van der Waals surface area contributed by atoms with Crippen molar-refractivity contribution >= 4 is 44.5 Å². The van der Waals surface area contributed by atoms with Crippen LogP contribution in [0.1, 0.15) is 10.4 Å². The van der Waals surface area contributed by atoms with E-state index in [0.29, 0.717) is 11.1 Å². The number of carbonyl (C=O) groups is 1. The van der Waals surface area contributed by atoms with Gasteiger partial charge >= 0.3 is 5.76 Å². The van der Waals surface area contributed by atoms with E-state index in [1.165, 1.54) is 0 Å². The lowest BCUT2D eigenvalue weighted by Crippen LogP contribution is -2.23. The molecule has 0 saturated carbocycles. The summed E-state index contributed by atoms with van der Waals surface area (Å²) in [5.41, 5.74) is 0.992. The minimum absolute atomic E-state index is 0.249. The van der Waals surface area contributed by atoms with E-state index in [1.54, 1.807) is 42.5 Å². The van der Waals surface area contributed by atoms with Crippen molar-refractivity contribution in [3.8, 4) is 0 Å². The van der Waals surface area contributed by atoms with Gasteiger partial charge in [0.25, 0.3) is 5.91 Å².